The van der Waals surface area contributed by atoms with Crippen molar-refractivity contribution >= 4 is 5.91 Å². The molecule has 0 aliphatic carbocycles. The van der Waals surface area contributed by atoms with Crippen molar-refractivity contribution in [3.63, 3.8) is 0 Å². The summed E-state index contributed by atoms with van der Waals surface area (Å²) in [5.41, 5.74) is 2.27. The topological polar surface area (TPSA) is 45.7 Å². The van der Waals surface area contributed by atoms with Gasteiger partial charge in [0, 0.05) is 38.6 Å². The number of amides is 1. The molecule has 0 spiro atoms. The van der Waals surface area contributed by atoms with Crippen LogP contribution in [-0.4, -0.2) is 59.1 Å². The van der Waals surface area contributed by atoms with Gasteiger partial charge >= 0.3 is 0 Å². The third-order valence-corrected chi connectivity index (χ3v) is 5.08. The van der Waals surface area contributed by atoms with Gasteiger partial charge in [-0.15, -0.1) is 0 Å². The van der Waals surface area contributed by atoms with E-state index in [1.54, 1.807) is 12.4 Å². The molecule has 1 aromatic carbocycles. The van der Waals surface area contributed by atoms with Crippen molar-refractivity contribution in [2.45, 2.75) is 25.1 Å². The second-order valence-electron chi connectivity index (χ2n) is 6.77. The van der Waals surface area contributed by atoms with Gasteiger partial charge in [0.25, 0.3) is 0 Å². The Kier molecular flexibility index (Phi) is 4.76. The van der Waals surface area contributed by atoms with Crippen molar-refractivity contribution in [3.05, 3.63) is 66.0 Å². The summed E-state index contributed by atoms with van der Waals surface area (Å²) in [5, 5.41) is 0. The SMILES string of the molecule is O=C(Cc1cccnc1)N1C[C@@H]2OCCN(Cc3ccccc3)[C@H]2C1. The minimum absolute atomic E-state index is 0.121. The van der Waals surface area contributed by atoms with Gasteiger partial charge in [0.15, 0.2) is 0 Å². The number of rotatable bonds is 4. The zero-order valence-electron chi connectivity index (χ0n) is 14.3. The molecular weight excluding hydrogens is 314 g/mol. The van der Waals surface area contributed by atoms with Crippen LogP contribution in [0.2, 0.25) is 0 Å². The molecule has 3 heterocycles. The normalized spacial score (nSPS) is 23.4. The molecule has 130 valence electrons. The molecule has 0 saturated carbocycles. The van der Waals surface area contributed by atoms with E-state index in [0.717, 1.165) is 31.8 Å². The Morgan fingerprint density at radius 1 is 1.12 bits per heavy atom. The highest BCUT2D eigenvalue weighted by Crippen LogP contribution is 2.25. The van der Waals surface area contributed by atoms with E-state index in [0.29, 0.717) is 13.0 Å². The summed E-state index contributed by atoms with van der Waals surface area (Å²) in [6.07, 6.45) is 4.02. The van der Waals surface area contributed by atoms with Crippen molar-refractivity contribution in [1.29, 1.82) is 0 Å². The van der Waals surface area contributed by atoms with Gasteiger partial charge in [0.05, 0.1) is 25.2 Å². The first-order chi connectivity index (χ1) is 12.3. The van der Waals surface area contributed by atoms with Crippen LogP contribution in [0.5, 0.6) is 0 Å². The van der Waals surface area contributed by atoms with Crippen molar-refractivity contribution in [1.82, 2.24) is 14.8 Å². The lowest BCUT2D eigenvalue weighted by Gasteiger charge is -2.36. The molecule has 2 aliphatic rings. The summed E-state index contributed by atoms with van der Waals surface area (Å²) in [4.78, 5) is 21.1. The maximum absolute atomic E-state index is 12.6. The smallest absolute Gasteiger partial charge is 0.227 e. The van der Waals surface area contributed by atoms with Crippen LogP contribution in [0.3, 0.4) is 0 Å². The lowest BCUT2D eigenvalue weighted by molar-refractivity contribution is -0.129. The van der Waals surface area contributed by atoms with E-state index in [4.69, 9.17) is 4.74 Å². The fourth-order valence-corrected chi connectivity index (χ4v) is 3.77. The van der Waals surface area contributed by atoms with Crippen LogP contribution < -0.4 is 0 Å². The number of carbonyl (C=O) groups excluding carboxylic acids is 1. The molecule has 0 unspecified atom stereocenters. The highest BCUT2D eigenvalue weighted by atomic mass is 16.5. The van der Waals surface area contributed by atoms with Gasteiger partial charge in [-0.05, 0) is 17.2 Å². The maximum atomic E-state index is 12.6. The number of hydrogen-bond acceptors (Lipinski definition) is 4. The minimum Gasteiger partial charge on any atom is -0.373 e. The number of aromatic nitrogens is 1. The number of hydrogen-bond donors (Lipinski definition) is 0. The Hall–Kier alpha value is -2.24. The van der Waals surface area contributed by atoms with Crippen molar-refractivity contribution < 1.29 is 9.53 Å². The predicted octanol–water partition coefficient (Wildman–Crippen LogP) is 1.74. The Labute approximate surface area is 148 Å². The number of nitrogens with zero attached hydrogens (tertiary/aromatic N) is 3. The molecule has 0 radical (unpaired) electrons. The molecule has 5 heteroatoms. The second kappa shape index (κ2) is 7.33. The Balaban J connectivity index is 1.41. The van der Waals surface area contributed by atoms with E-state index in [-0.39, 0.29) is 18.1 Å². The molecular formula is C20H23N3O2. The minimum atomic E-state index is 0.121. The zero-order chi connectivity index (χ0) is 17.1. The Morgan fingerprint density at radius 2 is 1.96 bits per heavy atom. The lowest BCUT2D eigenvalue weighted by Crippen LogP contribution is -2.50. The molecule has 1 amide bonds. The quantitative estimate of drug-likeness (QED) is 0.852. The van der Waals surface area contributed by atoms with Crippen LogP contribution in [0.15, 0.2) is 54.9 Å². The van der Waals surface area contributed by atoms with Crippen molar-refractivity contribution in [2.24, 2.45) is 0 Å². The summed E-state index contributed by atoms with van der Waals surface area (Å²) in [6.45, 7) is 4.00. The van der Waals surface area contributed by atoms with Crippen LogP contribution >= 0.6 is 0 Å². The van der Waals surface area contributed by atoms with Gasteiger partial charge in [-0.25, -0.2) is 0 Å². The Bertz CT molecular complexity index is 707. The molecule has 0 N–H and O–H groups in total. The van der Waals surface area contributed by atoms with E-state index in [2.05, 4.69) is 34.1 Å². The maximum Gasteiger partial charge on any atom is 0.227 e. The van der Waals surface area contributed by atoms with Crippen LogP contribution in [0.4, 0.5) is 0 Å². The van der Waals surface area contributed by atoms with Gasteiger partial charge in [-0.2, -0.15) is 0 Å². The first-order valence-corrected chi connectivity index (χ1v) is 8.86. The fraction of sp³-hybridized carbons (Fsp3) is 0.400. The highest BCUT2D eigenvalue weighted by molar-refractivity contribution is 5.79. The van der Waals surface area contributed by atoms with E-state index in [9.17, 15) is 4.79 Å². The monoisotopic (exact) mass is 337 g/mol. The third-order valence-electron chi connectivity index (χ3n) is 5.08. The number of carbonyl (C=O) groups is 1. The largest absolute Gasteiger partial charge is 0.373 e. The molecule has 2 aromatic rings. The van der Waals surface area contributed by atoms with E-state index >= 15 is 0 Å². The molecule has 25 heavy (non-hydrogen) atoms. The molecule has 0 bridgehead atoms. The van der Waals surface area contributed by atoms with Crippen molar-refractivity contribution in [2.75, 3.05) is 26.2 Å². The Morgan fingerprint density at radius 3 is 2.76 bits per heavy atom. The second-order valence-corrected chi connectivity index (χ2v) is 6.77. The molecule has 2 saturated heterocycles. The average Bonchev–Trinajstić information content (AvgIpc) is 3.09. The molecule has 2 fully saturated rings. The zero-order valence-corrected chi connectivity index (χ0v) is 14.3. The van der Waals surface area contributed by atoms with Crippen LogP contribution in [0, 0.1) is 0 Å². The van der Waals surface area contributed by atoms with Crippen LogP contribution in [0.1, 0.15) is 11.1 Å². The molecule has 2 atom stereocenters. The highest BCUT2D eigenvalue weighted by Gasteiger charge is 2.41. The molecule has 4 rings (SSSR count). The third kappa shape index (κ3) is 3.72. The van der Waals surface area contributed by atoms with E-state index in [1.165, 1.54) is 5.56 Å². The number of morpholine rings is 1. The summed E-state index contributed by atoms with van der Waals surface area (Å²) in [7, 11) is 0. The van der Waals surface area contributed by atoms with Crippen molar-refractivity contribution in [3.8, 4) is 0 Å². The number of likely N-dealkylation sites (tertiary alicyclic amines) is 1. The molecule has 2 aliphatic heterocycles. The van der Waals surface area contributed by atoms with Gasteiger partial charge in [-0.1, -0.05) is 36.4 Å². The van der Waals surface area contributed by atoms with Crippen LogP contribution in [-0.2, 0) is 22.5 Å². The standard InChI is InChI=1S/C20H23N3O2/c24-20(11-17-7-4-8-21-12-17)23-14-18-19(15-23)25-10-9-22(18)13-16-5-2-1-3-6-16/h1-8,12,18-19H,9-11,13-15H2/t18-,19-/m0/s1. The first kappa shape index (κ1) is 16.2. The average molecular weight is 337 g/mol. The van der Waals surface area contributed by atoms with E-state index in [1.807, 2.05) is 23.1 Å². The molecule has 5 nitrogen and oxygen atoms in total. The van der Waals surface area contributed by atoms with E-state index < -0.39 is 0 Å². The number of benzene rings is 1. The fourth-order valence-electron chi connectivity index (χ4n) is 3.77. The number of pyridine rings is 1. The summed E-state index contributed by atoms with van der Waals surface area (Å²) < 4.78 is 5.95. The summed E-state index contributed by atoms with van der Waals surface area (Å²) in [5.74, 6) is 0.158. The summed E-state index contributed by atoms with van der Waals surface area (Å²) in [6, 6.07) is 14.6. The number of fused-ring (bicyclic) bond motifs is 1. The molecule has 1 aromatic heterocycles. The summed E-state index contributed by atoms with van der Waals surface area (Å²) >= 11 is 0. The van der Waals surface area contributed by atoms with Gasteiger partial charge < -0.3 is 9.64 Å². The van der Waals surface area contributed by atoms with Crippen LogP contribution in [0.25, 0.3) is 0 Å². The first-order valence-electron chi connectivity index (χ1n) is 8.86. The van der Waals surface area contributed by atoms with Gasteiger partial charge in [0.1, 0.15) is 0 Å². The number of ether oxygens (including phenoxy) is 1. The van der Waals surface area contributed by atoms with Gasteiger partial charge in [-0.3, -0.25) is 14.7 Å². The predicted molar refractivity (Wildman–Crippen MR) is 94.9 cm³/mol. The lowest BCUT2D eigenvalue weighted by atomic mass is 10.1. The van der Waals surface area contributed by atoms with Gasteiger partial charge in [0.2, 0.25) is 5.91 Å².